The van der Waals surface area contributed by atoms with Crippen LogP contribution < -0.4 is 18.9 Å². The van der Waals surface area contributed by atoms with Crippen LogP contribution in [0.1, 0.15) is 38.8 Å². The van der Waals surface area contributed by atoms with Crippen LogP contribution >= 0.6 is 0 Å². The third kappa shape index (κ3) is 6.35. The summed E-state index contributed by atoms with van der Waals surface area (Å²) in [6, 6.07) is 12.8. The average molecular weight is 519 g/mol. The minimum Gasteiger partial charge on any atom is -0.493 e. The molecule has 0 unspecified atom stereocenters. The molecule has 8 heteroatoms. The molecule has 2 aromatic rings. The Labute approximate surface area is 224 Å². The summed E-state index contributed by atoms with van der Waals surface area (Å²) >= 11 is 0. The Balaban J connectivity index is 1.92. The van der Waals surface area contributed by atoms with Crippen LogP contribution in [0.15, 0.2) is 53.1 Å². The molecule has 2 aromatic carbocycles. The number of imide groups is 1. The van der Waals surface area contributed by atoms with Crippen LogP contribution in [0.4, 0.5) is 0 Å². The van der Waals surface area contributed by atoms with Crippen molar-refractivity contribution in [2.24, 2.45) is 5.92 Å². The molecular formula is C30H34N2O6. The predicted molar refractivity (Wildman–Crippen MR) is 144 cm³/mol. The van der Waals surface area contributed by atoms with E-state index in [-0.39, 0.29) is 17.7 Å². The van der Waals surface area contributed by atoms with Gasteiger partial charge in [0.1, 0.15) is 11.6 Å². The molecule has 200 valence electrons. The Bertz CT molecular complexity index is 1300. The van der Waals surface area contributed by atoms with Gasteiger partial charge in [-0.15, -0.1) is 0 Å². The van der Waals surface area contributed by atoms with E-state index in [1.54, 1.807) is 51.5 Å². The Kier molecular flexibility index (Phi) is 9.55. The number of hydrogen-bond donors (Lipinski definition) is 0. The molecule has 0 radical (unpaired) electrons. The molecule has 38 heavy (non-hydrogen) atoms. The van der Waals surface area contributed by atoms with Gasteiger partial charge in [0.05, 0.1) is 27.4 Å². The number of carbonyl (C=O) groups excluding carboxylic acids is 2. The maximum atomic E-state index is 13.5. The standard InChI is InChI=1S/C30H34N2O6/c1-7-37-28-16-22(9-11-26(28)38-18-19(2)3)14-23-20(4)24(17-31)30(34)32(29(23)33)13-12-21-8-10-25(35-5)27(15-21)36-6/h8-11,14-16,19H,7,12-13,18H2,1-6H3/b23-14+. The van der Waals surface area contributed by atoms with Gasteiger partial charge in [-0.25, -0.2) is 0 Å². The summed E-state index contributed by atoms with van der Waals surface area (Å²) in [7, 11) is 3.10. The van der Waals surface area contributed by atoms with Crippen LogP contribution in [0, 0.1) is 17.2 Å². The lowest BCUT2D eigenvalue weighted by Gasteiger charge is -2.27. The predicted octanol–water partition coefficient (Wildman–Crippen LogP) is 4.97. The van der Waals surface area contributed by atoms with Gasteiger partial charge in [-0.3, -0.25) is 14.5 Å². The third-order valence-corrected chi connectivity index (χ3v) is 6.05. The number of ether oxygens (including phenoxy) is 4. The van der Waals surface area contributed by atoms with Crippen LogP contribution in [0.3, 0.4) is 0 Å². The SMILES string of the molecule is CCOc1cc(/C=C2/C(=O)N(CCc3ccc(OC)c(OC)c3)C(=O)C(C#N)=C2C)ccc1OCC(C)C. The number of nitrogens with zero attached hydrogens (tertiary/aromatic N) is 2. The lowest BCUT2D eigenvalue weighted by Crippen LogP contribution is -2.43. The molecule has 0 saturated carbocycles. The molecule has 3 rings (SSSR count). The second-order valence-corrected chi connectivity index (χ2v) is 9.22. The molecule has 0 saturated heterocycles. The van der Waals surface area contributed by atoms with Gasteiger partial charge in [0.25, 0.3) is 11.8 Å². The van der Waals surface area contributed by atoms with Gasteiger partial charge in [-0.2, -0.15) is 5.26 Å². The van der Waals surface area contributed by atoms with Crippen molar-refractivity contribution in [3.8, 4) is 29.1 Å². The highest BCUT2D eigenvalue weighted by atomic mass is 16.5. The fourth-order valence-corrected chi connectivity index (χ4v) is 4.03. The fraction of sp³-hybridized carbons (Fsp3) is 0.367. The van der Waals surface area contributed by atoms with E-state index >= 15 is 0 Å². The highest BCUT2D eigenvalue weighted by Gasteiger charge is 2.35. The normalized spacial score (nSPS) is 14.7. The summed E-state index contributed by atoms with van der Waals surface area (Å²) in [5.74, 6) is 1.63. The number of rotatable bonds is 11. The van der Waals surface area contributed by atoms with Gasteiger partial charge in [0, 0.05) is 12.1 Å². The van der Waals surface area contributed by atoms with Crippen molar-refractivity contribution in [2.75, 3.05) is 34.0 Å². The van der Waals surface area contributed by atoms with E-state index in [1.807, 2.05) is 25.1 Å². The molecule has 0 fully saturated rings. The first-order valence-corrected chi connectivity index (χ1v) is 12.5. The minimum atomic E-state index is -0.597. The second-order valence-electron chi connectivity index (χ2n) is 9.22. The highest BCUT2D eigenvalue weighted by molar-refractivity contribution is 6.19. The summed E-state index contributed by atoms with van der Waals surface area (Å²) < 4.78 is 22.3. The second kappa shape index (κ2) is 12.8. The summed E-state index contributed by atoms with van der Waals surface area (Å²) in [5.41, 5.74) is 2.14. The molecule has 0 bridgehead atoms. The minimum absolute atomic E-state index is 0.0509. The lowest BCUT2D eigenvalue weighted by atomic mass is 9.93. The fourth-order valence-electron chi connectivity index (χ4n) is 4.03. The van der Waals surface area contributed by atoms with Crippen molar-refractivity contribution < 1.29 is 28.5 Å². The largest absolute Gasteiger partial charge is 0.493 e. The van der Waals surface area contributed by atoms with E-state index in [0.717, 1.165) is 10.5 Å². The molecule has 1 aliphatic heterocycles. The van der Waals surface area contributed by atoms with Crippen LogP contribution in [0.2, 0.25) is 0 Å². The summed E-state index contributed by atoms with van der Waals surface area (Å²) in [4.78, 5) is 27.7. The van der Waals surface area contributed by atoms with Crippen molar-refractivity contribution in [3.63, 3.8) is 0 Å². The van der Waals surface area contributed by atoms with Crippen molar-refractivity contribution in [1.29, 1.82) is 5.26 Å². The van der Waals surface area contributed by atoms with Crippen LogP contribution in [-0.4, -0.2) is 50.7 Å². The van der Waals surface area contributed by atoms with Crippen LogP contribution in [0.25, 0.3) is 6.08 Å². The lowest BCUT2D eigenvalue weighted by molar-refractivity contribution is -0.140. The number of amides is 2. The average Bonchev–Trinajstić information content (AvgIpc) is 2.90. The molecule has 8 nitrogen and oxygen atoms in total. The Morgan fingerprint density at radius 1 is 0.947 bits per heavy atom. The first kappa shape index (κ1) is 28.3. The van der Waals surface area contributed by atoms with Crippen molar-refractivity contribution >= 4 is 17.9 Å². The van der Waals surface area contributed by atoms with E-state index < -0.39 is 11.8 Å². The topological polar surface area (TPSA) is 98.1 Å². The molecule has 0 aliphatic carbocycles. The van der Waals surface area contributed by atoms with E-state index in [1.165, 1.54) is 0 Å². The Morgan fingerprint density at radius 2 is 1.66 bits per heavy atom. The molecule has 0 atom stereocenters. The van der Waals surface area contributed by atoms with E-state index in [0.29, 0.717) is 59.7 Å². The van der Waals surface area contributed by atoms with Crippen molar-refractivity contribution in [1.82, 2.24) is 4.90 Å². The highest BCUT2D eigenvalue weighted by Crippen LogP contribution is 2.33. The smallest absolute Gasteiger partial charge is 0.271 e. The zero-order valence-corrected chi connectivity index (χ0v) is 22.8. The number of nitriles is 1. The van der Waals surface area contributed by atoms with E-state index in [4.69, 9.17) is 18.9 Å². The maximum Gasteiger partial charge on any atom is 0.271 e. The van der Waals surface area contributed by atoms with Gasteiger partial charge < -0.3 is 18.9 Å². The van der Waals surface area contributed by atoms with Gasteiger partial charge >= 0.3 is 0 Å². The molecule has 1 heterocycles. The van der Waals surface area contributed by atoms with Crippen molar-refractivity contribution in [2.45, 2.75) is 34.1 Å². The Hall–Kier alpha value is -4.25. The number of hydrogen-bond acceptors (Lipinski definition) is 7. The number of benzene rings is 2. The molecule has 0 aromatic heterocycles. The van der Waals surface area contributed by atoms with Gasteiger partial charge in [-0.05, 0) is 73.2 Å². The van der Waals surface area contributed by atoms with Gasteiger partial charge in [0.15, 0.2) is 23.0 Å². The summed E-state index contributed by atoms with van der Waals surface area (Å²) in [6.45, 7) is 8.73. The summed E-state index contributed by atoms with van der Waals surface area (Å²) in [5, 5.41) is 9.72. The third-order valence-electron chi connectivity index (χ3n) is 6.05. The van der Waals surface area contributed by atoms with E-state index in [9.17, 15) is 14.9 Å². The van der Waals surface area contributed by atoms with Gasteiger partial charge in [-0.1, -0.05) is 26.0 Å². The quantitative estimate of drug-likeness (QED) is 0.306. The monoisotopic (exact) mass is 518 g/mol. The first-order valence-electron chi connectivity index (χ1n) is 12.5. The van der Waals surface area contributed by atoms with Crippen LogP contribution in [-0.2, 0) is 16.0 Å². The molecular weight excluding hydrogens is 484 g/mol. The zero-order valence-electron chi connectivity index (χ0n) is 22.8. The molecule has 1 aliphatic rings. The van der Waals surface area contributed by atoms with Crippen LogP contribution in [0.5, 0.6) is 23.0 Å². The molecule has 2 amide bonds. The van der Waals surface area contributed by atoms with Gasteiger partial charge in [0.2, 0.25) is 0 Å². The summed E-state index contributed by atoms with van der Waals surface area (Å²) in [6.07, 6.45) is 2.07. The Morgan fingerprint density at radius 3 is 2.29 bits per heavy atom. The molecule has 0 N–H and O–H groups in total. The first-order chi connectivity index (χ1) is 18.2. The maximum absolute atomic E-state index is 13.5. The van der Waals surface area contributed by atoms with E-state index in [2.05, 4.69) is 13.8 Å². The number of carbonyl (C=O) groups is 2. The number of methoxy groups -OCH3 is 2. The van der Waals surface area contributed by atoms with Crippen molar-refractivity contribution in [3.05, 3.63) is 64.2 Å². The molecule has 0 spiro atoms. The zero-order chi connectivity index (χ0) is 27.8.